The van der Waals surface area contributed by atoms with Crippen LogP contribution >= 0.6 is 11.6 Å². The summed E-state index contributed by atoms with van der Waals surface area (Å²) in [5, 5.41) is 3.87. The molecule has 0 aliphatic heterocycles. The van der Waals surface area contributed by atoms with Crippen molar-refractivity contribution in [1.29, 1.82) is 0 Å². The predicted octanol–water partition coefficient (Wildman–Crippen LogP) is 4.85. The lowest BCUT2D eigenvalue weighted by atomic mass is 10.1. The molecular formula is C17H14ClN3. The lowest BCUT2D eigenvalue weighted by Gasteiger charge is -2.08. The first-order chi connectivity index (χ1) is 10.2. The minimum Gasteiger partial charge on any atom is -0.324 e. The minimum absolute atomic E-state index is 0.552. The van der Waals surface area contributed by atoms with Crippen molar-refractivity contribution < 1.29 is 0 Å². The van der Waals surface area contributed by atoms with Gasteiger partial charge in [0.25, 0.3) is 0 Å². The second-order valence-corrected chi connectivity index (χ2v) is 5.14. The van der Waals surface area contributed by atoms with Crippen LogP contribution in [0.3, 0.4) is 0 Å². The maximum atomic E-state index is 6.21. The summed E-state index contributed by atoms with van der Waals surface area (Å²) in [4.78, 5) is 8.76. The summed E-state index contributed by atoms with van der Waals surface area (Å²) >= 11 is 6.21. The summed E-state index contributed by atoms with van der Waals surface area (Å²) in [7, 11) is 0. The number of hydrogen-bond donors (Lipinski definition) is 1. The van der Waals surface area contributed by atoms with Crippen molar-refractivity contribution >= 4 is 23.2 Å². The Morgan fingerprint density at radius 1 is 0.952 bits per heavy atom. The van der Waals surface area contributed by atoms with E-state index in [1.54, 1.807) is 6.20 Å². The molecular weight excluding hydrogens is 282 g/mol. The number of halogens is 1. The number of aryl methyl sites for hydroxylation is 1. The van der Waals surface area contributed by atoms with Gasteiger partial charge in [-0.2, -0.15) is 0 Å². The molecule has 104 valence electrons. The Kier molecular flexibility index (Phi) is 3.84. The Bertz CT molecular complexity index is 754. The van der Waals surface area contributed by atoms with Crippen molar-refractivity contribution in [2.75, 3.05) is 5.32 Å². The second-order valence-electron chi connectivity index (χ2n) is 4.74. The molecule has 3 nitrogen and oxygen atoms in total. The van der Waals surface area contributed by atoms with Crippen LogP contribution in [0.5, 0.6) is 0 Å². The van der Waals surface area contributed by atoms with Crippen LogP contribution in [0.15, 0.2) is 60.8 Å². The third-order valence-electron chi connectivity index (χ3n) is 3.11. The van der Waals surface area contributed by atoms with Crippen molar-refractivity contribution in [2.24, 2.45) is 0 Å². The zero-order valence-corrected chi connectivity index (χ0v) is 12.3. The van der Waals surface area contributed by atoms with Crippen molar-refractivity contribution in [3.8, 4) is 11.3 Å². The highest BCUT2D eigenvalue weighted by Crippen LogP contribution is 2.26. The molecule has 0 amide bonds. The highest BCUT2D eigenvalue weighted by Gasteiger charge is 2.06. The van der Waals surface area contributed by atoms with Gasteiger partial charge in [0.15, 0.2) is 0 Å². The monoisotopic (exact) mass is 295 g/mol. The lowest BCUT2D eigenvalue weighted by molar-refractivity contribution is 1.17. The average Bonchev–Trinajstić information content (AvgIpc) is 2.50. The third kappa shape index (κ3) is 3.20. The highest BCUT2D eigenvalue weighted by molar-refractivity contribution is 6.33. The normalized spacial score (nSPS) is 10.4. The van der Waals surface area contributed by atoms with Gasteiger partial charge in [0.1, 0.15) is 0 Å². The first-order valence-electron chi connectivity index (χ1n) is 6.64. The molecule has 3 aromatic rings. The Hall–Kier alpha value is -2.39. The van der Waals surface area contributed by atoms with Gasteiger partial charge in [-0.1, -0.05) is 47.5 Å². The molecule has 4 heteroatoms. The van der Waals surface area contributed by atoms with Crippen molar-refractivity contribution in [2.45, 2.75) is 6.92 Å². The molecule has 0 saturated carbocycles. The molecule has 1 aromatic heterocycles. The Morgan fingerprint density at radius 3 is 2.48 bits per heavy atom. The molecule has 1 N–H and O–H groups in total. The van der Waals surface area contributed by atoms with Gasteiger partial charge in [0, 0.05) is 22.5 Å². The van der Waals surface area contributed by atoms with E-state index < -0.39 is 0 Å². The minimum atomic E-state index is 0.552. The van der Waals surface area contributed by atoms with Gasteiger partial charge < -0.3 is 5.32 Å². The Labute approximate surface area is 128 Å². The maximum absolute atomic E-state index is 6.21. The predicted molar refractivity (Wildman–Crippen MR) is 86.9 cm³/mol. The molecule has 3 rings (SSSR count). The van der Waals surface area contributed by atoms with Gasteiger partial charge in [-0.05, 0) is 31.2 Å². The van der Waals surface area contributed by atoms with Crippen molar-refractivity contribution in [1.82, 2.24) is 9.97 Å². The van der Waals surface area contributed by atoms with E-state index >= 15 is 0 Å². The zero-order valence-electron chi connectivity index (χ0n) is 11.5. The van der Waals surface area contributed by atoms with Gasteiger partial charge in [-0.15, -0.1) is 0 Å². The molecule has 0 atom stereocenters. The van der Waals surface area contributed by atoms with Gasteiger partial charge in [-0.3, -0.25) is 0 Å². The molecule has 0 bridgehead atoms. The molecule has 1 heterocycles. The molecule has 0 saturated heterocycles. The number of nitrogens with zero attached hydrogens (tertiary/aromatic N) is 2. The zero-order chi connectivity index (χ0) is 14.7. The van der Waals surface area contributed by atoms with Crippen molar-refractivity contribution in [3.63, 3.8) is 0 Å². The van der Waals surface area contributed by atoms with Crippen LogP contribution in [-0.2, 0) is 0 Å². The van der Waals surface area contributed by atoms with Crippen LogP contribution < -0.4 is 5.32 Å². The average molecular weight is 296 g/mol. The molecule has 0 fully saturated rings. The largest absolute Gasteiger partial charge is 0.324 e. The standard InChI is InChI=1S/C17H14ClN3/c1-12-6-8-13(9-7-12)20-17-19-11-10-16(21-17)14-4-2-3-5-15(14)18/h2-11H,1H3,(H,19,20,21). The smallest absolute Gasteiger partial charge is 0.227 e. The van der Waals surface area contributed by atoms with Crippen LogP contribution in [0.25, 0.3) is 11.3 Å². The summed E-state index contributed by atoms with van der Waals surface area (Å²) in [5.41, 5.74) is 3.86. The van der Waals surface area contributed by atoms with E-state index in [2.05, 4.69) is 22.2 Å². The van der Waals surface area contributed by atoms with Gasteiger partial charge in [0.2, 0.25) is 5.95 Å². The van der Waals surface area contributed by atoms with Gasteiger partial charge in [-0.25, -0.2) is 9.97 Å². The number of rotatable bonds is 3. The maximum Gasteiger partial charge on any atom is 0.227 e. The molecule has 0 aliphatic carbocycles. The molecule has 0 spiro atoms. The number of benzene rings is 2. The molecule has 21 heavy (non-hydrogen) atoms. The molecule has 0 radical (unpaired) electrons. The van der Waals surface area contributed by atoms with E-state index in [4.69, 9.17) is 11.6 Å². The number of hydrogen-bond acceptors (Lipinski definition) is 3. The van der Waals surface area contributed by atoms with Gasteiger partial charge in [0.05, 0.1) is 5.69 Å². The fourth-order valence-electron chi connectivity index (χ4n) is 2.00. The van der Waals surface area contributed by atoms with E-state index in [0.717, 1.165) is 16.9 Å². The van der Waals surface area contributed by atoms with E-state index in [1.165, 1.54) is 5.56 Å². The van der Waals surface area contributed by atoms with E-state index in [0.29, 0.717) is 11.0 Å². The fraction of sp³-hybridized carbons (Fsp3) is 0.0588. The van der Waals surface area contributed by atoms with Crippen molar-refractivity contribution in [3.05, 3.63) is 71.4 Å². The molecule has 0 unspecified atom stereocenters. The summed E-state index contributed by atoms with van der Waals surface area (Å²) in [6.07, 6.45) is 1.72. The summed E-state index contributed by atoms with van der Waals surface area (Å²) in [6, 6.07) is 17.6. The quantitative estimate of drug-likeness (QED) is 0.750. The number of aromatic nitrogens is 2. The van der Waals surface area contributed by atoms with E-state index in [-0.39, 0.29) is 0 Å². The van der Waals surface area contributed by atoms with Gasteiger partial charge >= 0.3 is 0 Å². The number of nitrogens with one attached hydrogen (secondary N) is 1. The van der Waals surface area contributed by atoms with Crippen LogP contribution in [0, 0.1) is 6.92 Å². The topological polar surface area (TPSA) is 37.8 Å². The van der Waals surface area contributed by atoms with Crippen LogP contribution in [0.2, 0.25) is 5.02 Å². The Balaban J connectivity index is 1.90. The number of anilines is 2. The Morgan fingerprint density at radius 2 is 1.71 bits per heavy atom. The SMILES string of the molecule is Cc1ccc(Nc2nccc(-c3ccccc3Cl)n2)cc1. The van der Waals surface area contributed by atoms with E-state index in [1.807, 2.05) is 54.6 Å². The second kappa shape index (κ2) is 5.94. The van der Waals surface area contributed by atoms with Crippen LogP contribution in [0.1, 0.15) is 5.56 Å². The first kappa shape index (κ1) is 13.6. The molecule has 2 aromatic carbocycles. The first-order valence-corrected chi connectivity index (χ1v) is 7.02. The summed E-state index contributed by atoms with van der Waals surface area (Å²) in [5.74, 6) is 0.552. The summed E-state index contributed by atoms with van der Waals surface area (Å²) in [6.45, 7) is 2.05. The molecule has 0 aliphatic rings. The third-order valence-corrected chi connectivity index (χ3v) is 3.44. The van der Waals surface area contributed by atoms with Crippen LogP contribution in [-0.4, -0.2) is 9.97 Å². The lowest BCUT2D eigenvalue weighted by Crippen LogP contribution is -1.98. The van der Waals surface area contributed by atoms with Crippen LogP contribution in [0.4, 0.5) is 11.6 Å². The summed E-state index contributed by atoms with van der Waals surface area (Å²) < 4.78 is 0. The fourth-order valence-corrected chi connectivity index (χ4v) is 2.24. The highest BCUT2D eigenvalue weighted by atomic mass is 35.5. The van der Waals surface area contributed by atoms with E-state index in [9.17, 15) is 0 Å².